The van der Waals surface area contributed by atoms with Gasteiger partial charge in [-0.3, -0.25) is 4.79 Å². The van der Waals surface area contributed by atoms with Crippen LogP contribution in [-0.4, -0.2) is 28.5 Å². The molecular weight excluding hydrogens is 266 g/mol. The molecule has 0 unspecified atom stereocenters. The summed E-state index contributed by atoms with van der Waals surface area (Å²) in [5.74, 6) is 1.42. The third-order valence-corrected chi connectivity index (χ3v) is 3.68. The topological polar surface area (TPSA) is 56.5 Å². The Morgan fingerprint density at radius 1 is 1.24 bits per heavy atom. The summed E-state index contributed by atoms with van der Waals surface area (Å²) >= 11 is 0. The van der Waals surface area contributed by atoms with Gasteiger partial charge in [0, 0.05) is 11.3 Å². The highest BCUT2D eigenvalue weighted by Gasteiger charge is 2.25. The number of nitrogens with zero attached hydrogens (tertiary/aromatic N) is 3. The number of carbonyl (C=O) groups excluding carboxylic acids is 1. The monoisotopic (exact) mass is 283 g/mol. The van der Waals surface area contributed by atoms with Crippen molar-refractivity contribution in [1.82, 2.24) is 9.78 Å². The molecule has 5 heteroatoms. The maximum absolute atomic E-state index is 12.1. The summed E-state index contributed by atoms with van der Waals surface area (Å²) in [5, 5.41) is 4.36. The predicted molar refractivity (Wildman–Crippen MR) is 81.7 cm³/mol. The number of hydrogen-bond acceptors (Lipinski definition) is 4. The predicted octanol–water partition coefficient (Wildman–Crippen LogP) is 3.31. The Balaban J connectivity index is 2.23. The number of rotatable bonds is 2. The quantitative estimate of drug-likeness (QED) is 0.849. The summed E-state index contributed by atoms with van der Waals surface area (Å²) in [4.78, 5) is 16.6. The summed E-state index contributed by atoms with van der Waals surface area (Å²) in [6.45, 7) is 5.79. The molecule has 2 aromatic rings. The largest absolute Gasteiger partial charge is 0.497 e. The van der Waals surface area contributed by atoms with Gasteiger partial charge in [0.15, 0.2) is 5.82 Å². The molecule has 0 atom stereocenters. The van der Waals surface area contributed by atoms with E-state index in [1.807, 2.05) is 39.0 Å². The van der Waals surface area contributed by atoms with Gasteiger partial charge in [0.05, 0.1) is 19.2 Å². The van der Waals surface area contributed by atoms with Crippen molar-refractivity contribution in [2.75, 3.05) is 7.11 Å². The average Bonchev–Trinajstić information content (AvgIpc) is 2.75. The highest BCUT2D eigenvalue weighted by molar-refractivity contribution is 6.06. The third kappa shape index (κ3) is 2.14. The number of fused-ring (bicyclic) bond motifs is 1. The van der Waals surface area contributed by atoms with Crippen LogP contribution >= 0.6 is 0 Å². The zero-order chi connectivity index (χ0) is 15.1. The lowest BCUT2D eigenvalue weighted by Crippen LogP contribution is -2.19. The SMILES string of the molecule is COc1ccc(-c2c(C)nn3c2N=C(C)CC3=O)c(C)c1. The summed E-state index contributed by atoms with van der Waals surface area (Å²) in [5.41, 5.74) is 4.65. The first kappa shape index (κ1) is 13.5. The molecule has 0 bridgehead atoms. The summed E-state index contributed by atoms with van der Waals surface area (Å²) in [6, 6.07) is 5.87. The van der Waals surface area contributed by atoms with E-state index in [4.69, 9.17) is 4.74 Å². The molecule has 2 heterocycles. The van der Waals surface area contributed by atoms with Gasteiger partial charge in [0.1, 0.15) is 5.75 Å². The molecule has 5 nitrogen and oxygen atoms in total. The lowest BCUT2D eigenvalue weighted by molar-refractivity contribution is 0.0906. The Bertz CT molecular complexity index is 772. The second-order valence-corrected chi connectivity index (χ2v) is 5.29. The summed E-state index contributed by atoms with van der Waals surface area (Å²) in [7, 11) is 1.65. The highest BCUT2D eigenvalue weighted by Crippen LogP contribution is 2.38. The molecule has 0 amide bonds. The molecule has 1 aromatic heterocycles. The molecule has 0 saturated heterocycles. The van der Waals surface area contributed by atoms with E-state index in [0.717, 1.165) is 33.8 Å². The van der Waals surface area contributed by atoms with Crippen molar-refractivity contribution in [1.29, 1.82) is 0 Å². The molecule has 3 rings (SSSR count). The van der Waals surface area contributed by atoms with Crippen LogP contribution in [0, 0.1) is 13.8 Å². The van der Waals surface area contributed by atoms with Crippen LogP contribution in [0.5, 0.6) is 5.75 Å². The molecule has 0 saturated carbocycles. The zero-order valence-corrected chi connectivity index (χ0v) is 12.6. The minimum absolute atomic E-state index is 0.0296. The number of aryl methyl sites for hydroxylation is 2. The Morgan fingerprint density at radius 2 is 2.00 bits per heavy atom. The lowest BCUT2D eigenvalue weighted by atomic mass is 10.00. The average molecular weight is 283 g/mol. The molecule has 0 radical (unpaired) electrons. The van der Waals surface area contributed by atoms with Crippen LogP contribution in [0.3, 0.4) is 0 Å². The molecule has 0 spiro atoms. The fourth-order valence-corrected chi connectivity index (χ4v) is 2.67. The van der Waals surface area contributed by atoms with Crippen LogP contribution in [0.25, 0.3) is 11.1 Å². The molecule has 108 valence electrons. The summed E-state index contributed by atoms with van der Waals surface area (Å²) in [6.07, 6.45) is 0.329. The van der Waals surface area contributed by atoms with Crippen LogP contribution in [-0.2, 0) is 0 Å². The van der Waals surface area contributed by atoms with E-state index in [-0.39, 0.29) is 5.91 Å². The third-order valence-electron chi connectivity index (χ3n) is 3.68. The van der Waals surface area contributed by atoms with Crippen molar-refractivity contribution >= 4 is 17.4 Å². The second kappa shape index (κ2) is 4.84. The van der Waals surface area contributed by atoms with Gasteiger partial charge >= 0.3 is 0 Å². The van der Waals surface area contributed by atoms with Crippen molar-refractivity contribution < 1.29 is 9.53 Å². The van der Waals surface area contributed by atoms with Gasteiger partial charge in [-0.05, 0) is 44.0 Å². The number of hydrogen-bond donors (Lipinski definition) is 0. The van der Waals surface area contributed by atoms with Crippen molar-refractivity contribution in [2.24, 2.45) is 4.99 Å². The minimum Gasteiger partial charge on any atom is -0.497 e. The minimum atomic E-state index is -0.0296. The fourth-order valence-electron chi connectivity index (χ4n) is 2.67. The van der Waals surface area contributed by atoms with Crippen molar-refractivity contribution in [2.45, 2.75) is 27.2 Å². The number of benzene rings is 1. The van der Waals surface area contributed by atoms with E-state index < -0.39 is 0 Å². The fraction of sp³-hybridized carbons (Fsp3) is 0.312. The standard InChI is InChI=1S/C16H17N3O2/c1-9-7-12(21-4)5-6-13(9)15-11(3)18-19-14(20)8-10(2)17-16(15)19/h5-7H,8H2,1-4H3. The van der Waals surface area contributed by atoms with Crippen LogP contribution in [0.1, 0.15) is 29.4 Å². The molecule has 21 heavy (non-hydrogen) atoms. The van der Waals surface area contributed by atoms with Gasteiger partial charge in [0.2, 0.25) is 0 Å². The van der Waals surface area contributed by atoms with Gasteiger partial charge in [0.25, 0.3) is 5.91 Å². The number of carbonyl (C=O) groups is 1. The number of methoxy groups -OCH3 is 1. The number of ether oxygens (including phenoxy) is 1. The maximum atomic E-state index is 12.1. The van der Waals surface area contributed by atoms with Gasteiger partial charge in [-0.25, -0.2) is 4.99 Å². The Labute approximate surface area is 123 Å². The molecule has 0 fully saturated rings. The Kier molecular flexibility index (Phi) is 3.12. The summed E-state index contributed by atoms with van der Waals surface area (Å²) < 4.78 is 6.66. The van der Waals surface area contributed by atoms with Gasteiger partial charge in [-0.1, -0.05) is 6.07 Å². The van der Waals surface area contributed by atoms with Crippen molar-refractivity contribution in [3.05, 3.63) is 29.5 Å². The van der Waals surface area contributed by atoms with E-state index in [1.54, 1.807) is 7.11 Å². The molecule has 1 aliphatic rings. The van der Waals surface area contributed by atoms with Gasteiger partial charge in [-0.2, -0.15) is 9.78 Å². The van der Waals surface area contributed by atoms with E-state index in [0.29, 0.717) is 12.2 Å². The van der Waals surface area contributed by atoms with Crippen LogP contribution in [0.4, 0.5) is 5.82 Å². The molecule has 1 aromatic carbocycles. The van der Waals surface area contributed by atoms with E-state index in [1.165, 1.54) is 4.68 Å². The maximum Gasteiger partial charge on any atom is 0.254 e. The van der Waals surface area contributed by atoms with Crippen LogP contribution in [0.15, 0.2) is 23.2 Å². The molecule has 1 aliphatic heterocycles. The van der Waals surface area contributed by atoms with Crippen molar-refractivity contribution in [3.8, 4) is 16.9 Å². The van der Waals surface area contributed by atoms with Crippen LogP contribution in [0.2, 0.25) is 0 Å². The normalized spacial score (nSPS) is 13.9. The first-order valence-corrected chi connectivity index (χ1v) is 6.83. The van der Waals surface area contributed by atoms with E-state index >= 15 is 0 Å². The van der Waals surface area contributed by atoms with Crippen LogP contribution < -0.4 is 4.74 Å². The molecular formula is C16H17N3O2. The van der Waals surface area contributed by atoms with Crippen molar-refractivity contribution in [3.63, 3.8) is 0 Å². The van der Waals surface area contributed by atoms with E-state index in [2.05, 4.69) is 10.1 Å². The Hall–Kier alpha value is -2.43. The Morgan fingerprint density at radius 3 is 2.67 bits per heavy atom. The second-order valence-electron chi connectivity index (χ2n) is 5.29. The highest BCUT2D eigenvalue weighted by atomic mass is 16.5. The molecule has 0 aliphatic carbocycles. The smallest absolute Gasteiger partial charge is 0.254 e. The lowest BCUT2D eigenvalue weighted by Gasteiger charge is -2.12. The molecule has 0 N–H and O–H groups in total. The first-order chi connectivity index (χ1) is 10.0. The van der Waals surface area contributed by atoms with Gasteiger partial charge in [-0.15, -0.1) is 0 Å². The zero-order valence-electron chi connectivity index (χ0n) is 12.6. The first-order valence-electron chi connectivity index (χ1n) is 6.83. The van der Waals surface area contributed by atoms with Gasteiger partial charge < -0.3 is 4.74 Å². The number of aliphatic imine (C=N–C) groups is 1. The van der Waals surface area contributed by atoms with E-state index in [9.17, 15) is 4.79 Å². The number of aromatic nitrogens is 2.